The van der Waals surface area contributed by atoms with Crippen LogP contribution in [-0.2, 0) is 11.3 Å². The SMILES string of the molecule is CC1=C(O)C2(CCC2)CN(Cc2ccc(F)cc2)C1=O. The Morgan fingerprint density at radius 3 is 2.50 bits per heavy atom. The summed E-state index contributed by atoms with van der Waals surface area (Å²) in [5.74, 6) is -0.114. The third kappa shape index (κ3) is 1.99. The molecule has 1 aromatic carbocycles. The molecule has 1 amide bonds. The van der Waals surface area contributed by atoms with Crippen LogP contribution in [0.5, 0.6) is 0 Å². The molecular weight excluding hydrogens is 257 g/mol. The van der Waals surface area contributed by atoms with Crippen LogP contribution in [0.2, 0.25) is 0 Å². The summed E-state index contributed by atoms with van der Waals surface area (Å²) in [4.78, 5) is 14.0. The second-order valence-corrected chi connectivity index (χ2v) is 5.90. The minimum absolute atomic E-state index is 0.121. The molecule has 0 radical (unpaired) electrons. The summed E-state index contributed by atoms with van der Waals surface area (Å²) < 4.78 is 12.9. The van der Waals surface area contributed by atoms with Crippen molar-refractivity contribution < 1.29 is 14.3 Å². The van der Waals surface area contributed by atoms with E-state index in [1.165, 1.54) is 12.1 Å². The Morgan fingerprint density at radius 1 is 1.30 bits per heavy atom. The molecule has 0 bridgehead atoms. The lowest BCUT2D eigenvalue weighted by molar-refractivity contribution is -0.133. The molecule has 1 aromatic rings. The molecule has 0 saturated heterocycles. The van der Waals surface area contributed by atoms with Crippen molar-refractivity contribution in [2.75, 3.05) is 6.54 Å². The lowest BCUT2D eigenvalue weighted by Crippen LogP contribution is -2.50. The topological polar surface area (TPSA) is 40.5 Å². The minimum atomic E-state index is -0.275. The van der Waals surface area contributed by atoms with Crippen molar-refractivity contribution in [3.05, 3.63) is 47.0 Å². The molecule has 1 spiro atoms. The van der Waals surface area contributed by atoms with E-state index in [1.54, 1.807) is 24.0 Å². The van der Waals surface area contributed by atoms with Crippen molar-refractivity contribution >= 4 is 5.91 Å². The molecule has 1 aliphatic carbocycles. The van der Waals surface area contributed by atoms with Crippen LogP contribution < -0.4 is 0 Å². The van der Waals surface area contributed by atoms with E-state index in [1.807, 2.05) is 0 Å². The predicted octanol–water partition coefficient (Wildman–Crippen LogP) is 3.17. The highest BCUT2D eigenvalue weighted by Gasteiger charge is 2.48. The standard InChI is InChI=1S/C16H18FNO2/c1-11-14(19)16(7-2-8-16)10-18(15(11)20)9-12-3-5-13(17)6-4-12/h3-6,19H,2,7-10H2,1H3. The summed E-state index contributed by atoms with van der Waals surface area (Å²) in [6.45, 7) is 2.71. The maximum atomic E-state index is 12.9. The number of hydrogen-bond acceptors (Lipinski definition) is 2. The predicted molar refractivity (Wildman–Crippen MR) is 73.4 cm³/mol. The van der Waals surface area contributed by atoms with Crippen LogP contribution in [0.25, 0.3) is 0 Å². The van der Waals surface area contributed by atoms with Crippen LogP contribution in [-0.4, -0.2) is 22.5 Å². The number of carbonyl (C=O) groups is 1. The molecule has 3 rings (SSSR count). The summed E-state index contributed by atoms with van der Waals surface area (Å²) >= 11 is 0. The van der Waals surface area contributed by atoms with Crippen molar-refractivity contribution in [3.63, 3.8) is 0 Å². The molecule has 2 aliphatic rings. The van der Waals surface area contributed by atoms with Crippen molar-refractivity contribution in [3.8, 4) is 0 Å². The number of carbonyl (C=O) groups excluding carboxylic acids is 1. The van der Waals surface area contributed by atoms with Crippen LogP contribution >= 0.6 is 0 Å². The van der Waals surface area contributed by atoms with Gasteiger partial charge >= 0.3 is 0 Å². The van der Waals surface area contributed by atoms with Gasteiger partial charge in [-0.3, -0.25) is 4.79 Å². The van der Waals surface area contributed by atoms with Crippen LogP contribution in [0, 0.1) is 11.2 Å². The summed E-state index contributed by atoms with van der Waals surface area (Å²) in [5.41, 5.74) is 1.14. The van der Waals surface area contributed by atoms with E-state index in [0.717, 1.165) is 24.8 Å². The van der Waals surface area contributed by atoms with Gasteiger partial charge in [0.1, 0.15) is 11.6 Å². The third-order valence-electron chi connectivity index (χ3n) is 4.56. The molecule has 20 heavy (non-hydrogen) atoms. The van der Waals surface area contributed by atoms with Gasteiger partial charge < -0.3 is 10.0 Å². The molecule has 1 N–H and O–H groups in total. The van der Waals surface area contributed by atoms with Crippen molar-refractivity contribution in [1.82, 2.24) is 4.90 Å². The Labute approximate surface area is 117 Å². The number of hydrogen-bond donors (Lipinski definition) is 1. The largest absolute Gasteiger partial charge is 0.511 e. The quantitative estimate of drug-likeness (QED) is 0.900. The summed E-state index contributed by atoms with van der Waals surface area (Å²) in [7, 11) is 0. The molecular formula is C16H18FNO2. The Hall–Kier alpha value is -1.84. The number of benzene rings is 1. The van der Waals surface area contributed by atoms with Gasteiger partial charge in [0.15, 0.2) is 0 Å². The molecule has 1 saturated carbocycles. The lowest BCUT2D eigenvalue weighted by Gasteiger charge is -2.48. The molecule has 1 fully saturated rings. The highest BCUT2D eigenvalue weighted by Crippen LogP contribution is 2.49. The van der Waals surface area contributed by atoms with E-state index in [2.05, 4.69) is 0 Å². The van der Waals surface area contributed by atoms with Crippen LogP contribution in [0.3, 0.4) is 0 Å². The van der Waals surface area contributed by atoms with E-state index in [0.29, 0.717) is 18.7 Å². The van der Waals surface area contributed by atoms with Crippen LogP contribution in [0.4, 0.5) is 4.39 Å². The van der Waals surface area contributed by atoms with Crippen LogP contribution in [0.15, 0.2) is 35.6 Å². The van der Waals surface area contributed by atoms with Gasteiger partial charge in [-0.1, -0.05) is 18.6 Å². The summed E-state index contributed by atoms with van der Waals surface area (Å²) in [6.07, 6.45) is 2.96. The second-order valence-electron chi connectivity index (χ2n) is 5.90. The molecule has 3 nitrogen and oxygen atoms in total. The molecule has 0 unspecified atom stereocenters. The van der Waals surface area contributed by atoms with Gasteiger partial charge in [0.2, 0.25) is 0 Å². The smallest absolute Gasteiger partial charge is 0.253 e. The second kappa shape index (κ2) is 4.62. The van der Waals surface area contributed by atoms with Crippen molar-refractivity contribution in [2.24, 2.45) is 5.41 Å². The Bertz CT molecular complexity index is 573. The fraction of sp³-hybridized carbons (Fsp3) is 0.438. The number of amides is 1. The minimum Gasteiger partial charge on any atom is -0.511 e. The molecule has 106 valence electrons. The van der Waals surface area contributed by atoms with E-state index >= 15 is 0 Å². The zero-order valence-electron chi connectivity index (χ0n) is 11.5. The fourth-order valence-corrected chi connectivity index (χ4v) is 3.18. The first kappa shape index (κ1) is 13.2. The van der Waals surface area contributed by atoms with Gasteiger partial charge in [-0.2, -0.15) is 0 Å². The highest BCUT2D eigenvalue weighted by molar-refractivity contribution is 5.94. The summed E-state index contributed by atoms with van der Waals surface area (Å²) in [5, 5.41) is 10.2. The molecule has 0 aromatic heterocycles. The first-order chi connectivity index (χ1) is 9.52. The number of aliphatic hydroxyl groups is 1. The maximum Gasteiger partial charge on any atom is 0.253 e. The molecule has 1 heterocycles. The average molecular weight is 275 g/mol. The van der Waals surface area contributed by atoms with Gasteiger partial charge in [-0.15, -0.1) is 0 Å². The van der Waals surface area contributed by atoms with Crippen LogP contribution in [0.1, 0.15) is 31.7 Å². The van der Waals surface area contributed by atoms with E-state index in [4.69, 9.17) is 0 Å². The monoisotopic (exact) mass is 275 g/mol. The average Bonchev–Trinajstić information content (AvgIpc) is 2.40. The molecule has 0 atom stereocenters. The van der Waals surface area contributed by atoms with E-state index in [-0.39, 0.29) is 22.9 Å². The van der Waals surface area contributed by atoms with Gasteiger partial charge in [0.05, 0.1) is 5.57 Å². The Kier molecular flexibility index (Phi) is 3.04. The molecule has 4 heteroatoms. The molecule has 1 aliphatic heterocycles. The van der Waals surface area contributed by atoms with Gasteiger partial charge in [0.25, 0.3) is 5.91 Å². The zero-order chi connectivity index (χ0) is 14.3. The Morgan fingerprint density at radius 2 is 1.95 bits per heavy atom. The van der Waals surface area contributed by atoms with Crippen molar-refractivity contribution in [1.29, 1.82) is 0 Å². The van der Waals surface area contributed by atoms with E-state index in [9.17, 15) is 14.3 Å². The first-order valence-electron chi connectivity index (χ1n) is 6.96. The van der Waals surface area contributed by atoms with Gasteiger partial charge in [-0.05, 0) is 37.5 Å². The van der Waals surface area contributed by atoms with Gasteiger partial charge in [-0.25, -0.2) is 4.39 Å². The summed E-state index contributed by atoms with van der Waals surface area (Å²) in [6, 6.07) is 6.21. The van der Waals surface area contributed by atoms with Crippen molar-refractivity contribution in [2.45, 2.75) is 32.7 Å². The third-order valence-corrected chi connectivity index (χ3v) is 4.56. The Balaban J connectivity index is 1.84. The first-order valence-corrected chi connectivity index (χ1v) is 6.96. The van der Waals surface area contributed by atoms with E-state index < -0.39 is 0 Å². The highest BCUT2D eigenvalue weighted by atomic mass is 19.1. The zero-order valence-corrected chi connectivity index (χ0v) is 11.5. The number of rotatable bonds is 2. The number of halogens is 1. The fourth-order valence-electron chi connectivity index (χ4n) is 3.18. The normalized spacial score (nSPS) is 21.3. The maximum absolute atomic E-state index is 12.9. The lowest BCUT2D eigenvalue weighted by atomic mass is 9.64. The number of aliphatic hydroxyl groups excluding tert-OH is 1. The van der Waals surface area contributed by atoms with Gasteiger partial charge in [0, 0.05) is 18.5 Å². The number of nitrogens with zero attached hydrogens (tertiary/aromatic N) is 1.